The van der Waals surface area contributed by atoms with E-state index in [9.17, 15) is 4.79 Å². The molecule has 1 aliphatic heterocycles. The zero-order chi connectivity index (χ0) is 28.0. The van der Waals surface area contributed by atoms with Crippen molar-refractivity contribution >= 4 is 11.7 Å². The van der Waals surface area contributed by atoms with E-state index < -0.39 is 0 Å². The van der Waals surface area contributed by atoms with Crippen LogP contribution in [0.25, 0.3) is 11.4 Å². The summed E-state index contributed by atoms with van der Waals surface area (Å²) in [6, 6.07) is 30.5. The summed E-state index contributed by atoms with van der Waals surface area (Å²) in [7, 11) is 1.85. The zero-order valence-electron chi connectivity index (χ0n) is 22.7. The molecule has 3 heterocycles. The molecule has 5 aromatic rings. The summed E-state index contributed by atoms with van der Waals surface area (Å²) in [4.78, 5) is 29.3. The standard InChI is InChI=1S/C33H29N5O3/c1-34-32-28-18-19-38(33(39)24-14-12-23(13-15-24)22-40-26-8-4-2-5-9-26)21-29(28)36-31(37-32)25-16-17-30(35-20-25)41-27-10-6-3-7-11-27/h2-17,20H,18-19,21-22H2,1H3,(H,34,36,37). The van der Waals surface area contributed by atoms with Gasteiger partial charge in [-0.1, -0.05) is 48.5 Å². The van der Waals surface area contributed by atoms with Gasteiger partial charge >= 0.3 is 0 Å². The molecular formula is C33H29N5O3. The number of nitrogens with zero attached hydrogens (tertiary/aromatic N) is 4. The fraction of sp³-hybridized carbons (Fsp3) is 0.152. The average molecular weight is 544 g/mol. The van der Waals surface area contributed by atoms with Crippen LogP contribution >= 0.6 is 0 Å². The fourth-order valence-electron chi connectivity index (χ4n) is 4.73. The summed E-state index contributed by atoms with van der Waals surface area (Å²) < 4.78 is 11.6. The first-order valence-corrected chi connectivity index (χ1v) is 13.5. The SMILES string of the molecule is CNc1nc(-c2ccc(Oc3ccccc3)nc2)nc2c1CCN(C(=O)c1ccc(COc3ccccc3)cc1)C2. The Hall–Kier alpha value is -5.24. The van der Waals surface area contributed by atoms with Crippen molar-refractivity contribution in [1.29, 1.82) is 0 Å². The molecule has 1 N–H and O–H groups in total. The first-order chi connectivity index (χ1) is 20.2. The number of amides is 1. The highest BCUT2D eigenvalue weighted by atomic mass is 16.5. The molecule has 8 heteroatoms. The fourth-order valence-corrected chi connectivity index (χ4v) is 4.73. The number of nitrogens with one attached hydrogen (secondary N) is 1. The predicted molar refractivity (Wildman–Crippen MR) is 157 cm³/mol. The van der Waals surface area contributed by atoms with Gasteiger partial charge in [0.15, 0.2) is 5.82 Å². The summed E-state index contributed by atoms with van der Waals surface area (Å²) >= 11 is 0. The first-order valence-electron chi connectivity index (χ1n) is 13.5. The van der Waals surface area contributed by atoms with Crippen LogP contribution in [0.4, 0.5) is 5.82 Å². The molecule has 0 saturated heterocycles. The van der Waals surface area contributed by atoms with Gasteiger partial charge in [0.05, 0.1) is 12.2 Å². The molecule has 2 aromatic heterocycles. The molecular weight excluding hydrogens is 514 g/mol. The molecule has 0 fully saturated rings. The van der Waals surface area contributed by atoms with Gasteiger partial charge < -0.3 is 19.7 Å². The van der Waals surface area contributed by atoms with Crippen LogP contribution in [0.5, 0.6) is 17.4 Å². The van der Waals surface area contributed by atoms with Gasteiger partial charge in [-0.25, -0.2) is 15.0 Å². The van der Waals surface area contributed by atoms with Crippen molar-refractivity contribution in [3.63, 3.8) is 0 Å². The average Bonchev–Trinajstić information content (AvgIpc) is 3.04. The third-order valence-electron chi connectivity index (χ3n) is 6.90. The van der Waals surface area contributed by atoms with Crippen molar-refractivity contribution in [1.82, 2.24) is 19.9 Å². The van der Waals surface area contributed by atoms with Crippen molar-refractivity contribution in [2.45, 2.75) is 19.6 Å². The molecule has 41 heavy (non-hydrogen) atoms. The third-order valence-corrected chi connectivity index (χ3v) is 6.90. The van der Waals surface area contributed by atoms with E-state index >= 15 is 0 Å². The normalized spacial score (nSPS) is 12.4. The number of anilines is 1. The second-order valence-corrected chi connectivity index (χ2v) is 9.65. The van der Waals surface area contributed by atoms with Gasteiger partial charge in [-0.3, -0.25) is 4.79 Å². The predicted octanol–water partition coefficient (Wildman–Crippen LogP) is 6.15. The van der Waals surface area contributed by atoms with Crippen molar-refractivity contribution in [2.24, 2.45) is 0 Å². The van der Waals surface area contributed by atoms with Gasteiger partial charge in [0.2, 0.25) is 5.88 Å². The minimum atomic E-state index is -0.0265. The molecule has 0 unspecified atom stereocenters. The number of fused-ring (bicyclic) bond motifs is 1. The molecule has 204 valence electrons. The van der Waals surface area contributed by atoms with Crippen LogP contribution in [-0.4, -0.2) is 39.4 Å². The monoisotopic (exact) mass is 543 g/mol. The van der Waals surface area contributed by atoms with Crippen LogP contribution in [0.15, 0.2) is 103 Å². The maximum absolute atomic E-state index is 13.4. The smallest absolute Gasteiger partial charge is 0.254 e. The molecule has 0 bridgehead atoms. The van der Waals surface area contributed by atoms with E-state index in [1.54, 1.807) is 12.3 Å². The lowest BCUT2D eigenvalue weighted by atomic mass is 10.0. The second kappa shape index (κ2) is 11.9. The number of hydrogen-bond donors (Lipinski definition) is 1. The maximum Gasteiger partial charge on any atom is 0.254 e. The lowest BCUT2D eigenvalue weighted by molar-refractivity contribution is 0.0732. The Morgan fingerprint density at radius 3 is 2.29 bits per heavy atom. The minimum absolute atomic E-state index is 0.0265. The Morgan fingerprint density at radius 2 is 1.61 bits per heavy atom. The van der Waals surface area contributed by atoms with E-state index in [1.807, 2.05) is 103 Å². The molecule has 0 spiro atoms. The van der Waals surface area contributed by atoms with E-state index in [1.165, 1.54) is 0 Å². The van der Waals surface area contributed by atoms with Crippen LogP contribution in [0.1, 0.15) is 27.2 Å². The molecule has 0 atom stereocenters. The highest BCUT2D eigenvalue weighted by Crippen LogP contribution is 2.29. The Labute approximate surface area is 238 Å². The van der Waals surface area contributed by atoms with Crippen LogP contribution in [0.2, 0.25) is 0 Å². The number of carbonyl (C=O) groups is 1. The molecule has 0 aliphatic carbocycles. The largest absolute Gasteiger partial charge is 0.489 e. The molecule has 0 radical (unpaired) electrons. The van der Waals surface area contributed by atoms with E-state index in [2.05, 4.69) is 10.3 Å². The third kappa shape index (κ3) is 6.01. The number of benzene rings is 3. The molecule has 0 saturated carbocycles. The zero-order valence-corrected chi connectivity index (χ0v) is 22.7. The summed E-state index contributed by atoms with van der Waals surface area (Å²) in [6.07, 6.45) is 2.37. The van der Waals surface area contributed by atoms with Gasteiger partial charge in [-0.05, 0) is 54.4 Å². The topological polar surface area (TPSA) is 89.5 Å². The summed E-state index contributed by atoms with van der Waals surface area (Å²) in [5.74, 6) is 3.31. The number of ether oxygens (including phenoxy) is 2. The number of aromatic nitrogens is 3. The quantitative estimate of drug-likeness (QED) is 0.251. The number of para-hydroxylation sites is 2. The van der Waals surface area contributed by atoms with E-state index in [-0.39, 0.29) is 5.91 Å². The molecule has 1 amide bonds. The van der Waals surface area contributed by atoms with Crippen molar-refractivity contribution < 1.29 is 14.3 Å². The van der Waals surface area contributed by atoms with Crippen LogP contribution in [-0.2, 0) is 19.6 Å². The van der Waals surface area contributed by atoms with Gasteiger partial charge in [-0.15, -0.1) is 0 Å². The molecule has 8 nitrogen and oxygen atoms in total. The van der Waals surface area contributed by atoms with Crippen molar-refractivity contribution in [2.75, 3.05) is 18.9 Å². The Morgan fingerprint density at radius 1 is 0.878 bits per heavy atom. The Kier molecular flexibility index (Phi) is 7.53. The van der Waals surface area contributed by atoms with Gasteiger partial charge in [0, 0.05) is 42.5 Å². The molecule has 6 rings (SSSR count). The van der Waals surface area contributed by atoms with Crippen LogP contribution in [0.3, 0.4) is 0 Å². The lowest BCUT2D eigenvalue weighted by Gasteiger charge is -2.29. The Balaban J connectivity index is 1.15. The first kappa shape index (κ1) is 26.0. The number of carbonyl (C=O) groups excluding carboxylic acids is 1. The summed E-state index contributed by atoms with van der Waals surface area (Å²) in [6.45, 7) is 1.44. The number of hydrogen-bond acceptors (Lipinski definition) is 7. The van der Waals surface area contributed by atoms with Gasteiger partial charge in [0.1, 0.15) is 23.9 Å². The molecule has 1 aliphatic rings. The van der Waals surface area contributed by atoms with Gasteiger partial charge in [0.25, 0.3) is 5.91 Å². The molecule has 3 aromatic carbocycles. The van der Waals surface area contributed by atoms with Crippen LogP contribution < -0.4 is 14.8 Å². The number of pyridine rings is 1. The Bertz CT molecular complexity index is 1630. The highest BCUT2D eigenvalue weighted by Gasteiger charge is 2.26. The van der Waals surface area contributed by atoms with Crippen molar-refractivity contribution in [3.05, 3.63) is 126 Å². The minimum Gasteiger partial charge on any atom is -0.489 e. The maximum atomic E-state index is 13.4. The highest BCUT2D eigenvalue weighted by molar-refractivity contribution is 5.94. The van der Waals surface area contributed by atoms with Crippen molar-refractivity contribution in [3.8, 4) is 28.8 Å². The summed E-state index contributed by atoms with van der Waals surface area (Å²) in [5.41, 5.74) is 4.26. The van der Waals surface area contributed by atoms with E-state index in [4.69, 9.17) is 19.4 Å². The lowest BCUT2D eigenvalue weighted by Crippen LogP contribution is -2.37. The number of rotatable bonds is 8. The van der Waals surface area contributed by atoms with E-state index in [0.29, 0.717) is 43.4 Å². The second-order valence-electron chi connectivity index (χ2n) is 9.65. The van der Waals surface area contributed by atoms with Gasteiger partial charge in [-0.2, -0.15) is 0 Å². The van der Waals surface area contributed by atoms with E-state index in [0.717, 1.165) is 39.7 Å². The van der Waals surface area contributed by atoms with Crippen LogP contribution in [0, 0.1) is 0 Å². The summed E-state index contributed by atoms with van der Waals surface area (Å²) in [5, 5.41) is 3.20.